The van der Waals surface area contributed by atoms with Gasteiger partial charge in [0.05, 0.1) is 26.4 Å². The van der Waals surface area contributed by atoms with Crippen molar-refractivity contribution >= 4 is 0 Å². The van der Waals surface area contributed by atoms with E-state index in [1.54, 1.807) is 0 Å². The van der Waals surface area contributed by atoms with Crippen LogP contribution < -0.4 is 0 Å². The van der Waals surface area contributed by atoms with E-state index in [9.17, 15) is 52.7 Å². The molecule has 0 unspecified atom stereocenters. The smallest absolute Gasteiger partial charge is 0.382 e. The Kier molecular flexibility index (Phi) is 10.0. The molecule has 0 fully saturated rings. The van der Waals surface area contributed by atoms with Crippen LogP contribution in [0, 0.1) is 0 Å². The van der Waals surface area contributed by atoms with Gasteiger partial charge in [0.1, 0.15) is 0 Å². The lowest BCUT2D eigenvalue weighted by atomic mass is 9.92. The topological polar surface area (TPSA) is 27.7 Å². The standard InChI is InChI=1S/C14H18F12O3/c1-27-5-6-29-8-7-28-4-2-3-10(17,18)12(21,22)14(25,26)13(23,24)11(19,20)9(15)16/h9H,2-8H2,1H3. The van der Waals surface area contributed by atoms with Gasteiger partial charge in [-0.2, -0.15) is 43.9 Å². The predicted octanol–water partition coefficient (Wildman–Crippen LogP) is 4.89. The number of hydrogen-bond donors (Lipinski definition) is 0. The molecular weight excluding hydrogens is 444 g/mol. The Morgan fingerprint density at radius 1 is 0.621 bits per heavy atom. The van der Waals surface area contributed by atoms with E-state index in [-0.39, 0.29) is 26.4 Å². The van der Waals surface area contributed by atoms with Gasteiger partial charge >= 0.3 is 36.0 Å². The van der Waals surface area contributed by atoms with Gasteiger partial charge in [-0.25, -0.2) is 8.78 Å². The molecule has 0 aliphatic carbocycles. The molecule has 0 aromatic carbocycles. The molecule has 0 aromatic rings. The largest absolute Gasteiger partial charge is 0.384 e. The zero-order valence-electron chi connectivity index (χ0n) is 14.8. The molecule has 3 nitrogen and oxygen atoms in total. The van der Waals surface area contributed by atoms with E-state index in [0.29, 0.717) is 0 Å². The van der Waals surface area contributed by atoms with E-state index >= 15 is 0 Å². The van der Waals surface area contributed by atoms with Gasteiger partial charge in [0, 0.05) is 20.1 Å². The number of hydrogen-bond acceptors (Lipinski definition) is 3. The highest BCUT2D eigenvalue weighted by Crippen LogP contribution is 2.58. The van der Waals surface area contributed by atoms with Gasteiger partial charge in [-0.05, 0) is 6.42 Å². The third-order valence-electron chi connectivity index (χ3n) is 3.52. The van der Waals surface area contributed by atoms with Crippen molar-refractivity contribution in [3.05, 3.63) is 0 Å². The van der Waals surface area contributed by atoms with Crippen LogP contribution in [0.4, 0.5) is 52.7 Å². The second-order valence-electron chi connectivity index (χ2n) is 5.67. The van der Waals surface area contributed by atoms with E-state index in [2.05, 4.69) is 9.47 Å². The molecule has 0 saturated heterocycles. The average Bonchev–Trinajstić information content (AvgIpc) is 2.59. The summed E-state index contributed by atoms with van der Waals surface area (Å²) >= 11 is 0. The first-order valence-corrected chi connectivity index (χ1v) is 7.82. The molecular formula is C14H18F12O3. The predicted molar refractivity (Wildman–Crippen MR) is 73.5 cm³/mol. The van der Waals surface area contributed by atoms with E-state index in [4.69, 9.17) is 4.74 Å². The molecule has 0 saturated carbocycles. The van der Waals surface area contributed by atoms with Crippen molar-refractivity contribution in [2.45, 2.75) is 48.9 Å². The molecule has 0 aromatic heterocycles. The third-order valence-corrected chi connectivity index (χ3v) is 3.52. The third kappa shape index (κ3) is 6.03. The van der Waals surface area contributed by atoms with Crippen molar-refractivity contribution in [1.82, 2.24) is 0 Å². The Morgan fingerprint density at radius 2 is 1.07 bits per heavy atom. The Labute approximate surface area is 157 Å². The number of alkyl halides is 12. The van der Waals surface area contributed by atoms with Gasteiger partial charge in [-0.3, -0.25) is 0 Å². The van der Waals surface area contributed by atoms with E-state index in [1.807, 2.05) is 0 Å². The molecule has 0 rings (SSSR count). The summed E-state index contributed by atoms with van der Waals surface area (Å²) in [5.41, 5.74) is 0. The normalized spacial score (nSPS) is 14.7. The van der Waals surface area contributed by atoms with Gasteiger partial charge in [0.25, 0.3) is 0 Å². The van der Waals surface area contributed by atoms with Crippen LogP contribution in [0.5, 0.6) is 0 Å². The Bertz CT molecular complexity index is 484. The van der Waals surface area contributed by atoms with E-state index in [0.717, 1.165) is 0 Å². The van der Waals surface area contributed by atoms with Crippen molar-refractivity contribution in [2.75, 3.05) is 40.1 Å². The zero-order chi connectivity index (χ0) is 23.1. The molecule has 0 bridgehead atoms. The van der Waals surface area contributed by atoms with Gasteiger partial charge < -0.3 is 14.2 Å². The van der Waals surface area contributed by atoms with Crippen molar-refractivity contribution in [2.24, 2.45) is 0 Å². The maximum absolute atomic E-state index is 13.4. The summed E-state index contributed by atoms with van der Waals surface area (Å²) in [5, 5.41) is 0. The summed E-state index contributed by atoms with van der Waals surface area (Å²) < 4.78 is 169. The molecule has 0 heterocycles. The second-order valence-corrected chi connectivity index (χ2v) is 5.67. The summed E-state index contributed by atoms with van der Waals surface area (Å²) in [6, 6.07) is 0. The minimum Gasteiger partial charge on any atom is -0.382 e. The summed E-state index contributed by atoms with van der Waals surface area (Å²) in [6.07, 6.45) is -8.74. The average molecular weight is 462 g/mol. The Hall–Kier alpha value is -0.960. The van der Waals surface area contributed by atoms with Crippen LogP contribution in [-0.4, -0.2) is 76.2 Å². The molecule has 0 N–H and O–H groups in total. The first kappa shape index (κ1) is 28.0. The molecule has 0 aliphatic heterocycles. The van der Waals surface area contributed by atoms with Crippen LogP contribution in [-0.2, 0) is 14.2 Å². The SMILES string of the molecule is COCCOCCOCCCC(F)(F)C(F)(F)C(F)(F)C(F)(F)C(F)(F)C(F)F. The highest BCUT2D eigenvalue weighted by molar-refractivity contribution is 5.08. The molecule has 0 amide bonds. The van der Waals surface area contributed by atoms with Gasteiger partial charge in [-0.1, -0.05) is 0 Å². The first-order chi connectivity index (χ1) is 13.0. The van der Waals surface area contributed by atoms with E-state index < -0.39 is 55.5 Å². The lowest BCUT2D eigenvalue weighted by molar-refractivity contribution is -0.413. The maximum Gasteiger partial charge on any atom is 0.384 e. The maximum atomic E-state index is 13.4. The van der Waals surface area contributed by atoms with Gasteiger partial charge in [0.2, 0.25) is 0 Å². The van der Waals surface area contributed by atoms with Crippen molar-refractivity contribution in [3.8, 4) is 0 Å². The first-order valence-electron chi connectivity index (χ1n) is 7.82. The number of methoxy groups -OCH3 is 1. The number of rotatable bonds is 15. The van der Waals surface area contributed by atoms with Crippen LogP contribution in [0.15, 0.2) is 0 Å². The minimum atomic E-state index is -7.49. The fourth-order valence-electron chi connectivity index (χ4n) is 1.79. The van der Waals surface area contributed by atoms with E-state index in [1.165, 1.54) is 7.11 Å². The van der Waals surface area contributed by atoms with Crippen LogP contribution in [0.25, 0.3) is 0 Å². The second kappa shape index (κ2) is 10.4. The monoisotopic (exact) mass is 462 g/mol. The van der Waals surface area contributed by atoms with Crippen molar-refractivity contribution in [1.29, 1.82) is 0 Å². The lowest BCUT2D eigenvalue weighted by Gasteiger charge is -2.39. The zero-order valence-corrected chi connectivity index (χ0v) is 14.8. The fourth-order valence-corrected chi connectivity index (χ4v) is 1.79. The molecule has 15 heteroatoms. The van der Waals surface area contributed by atoms with Crippen LogP contribution in [0.1, 0.15) is 12.8 Å². The van der Waals surface area contributed by atoms with Gasteiger partial charge in [0.15, 0.2) is 0 Å². The Balaban J connectivity index is 4.94. The molecule has 29 heavy (non-hydrogen) atoms. The molecule has 0 spiro atoms. The van der Waals surface area contributed by atoms with Crippen LogP contribution in [0.2, 0.25) is 0 Å². The summed E-state index contributed by atoms with van der Waals surface area (Å²) in [4.78, 5) is 0. The fraction of sp³-hybridized carbons (Fsp3) is 1.00. The lowest BCUT2D eigenvalue weighted by Crippen LogP contribution is -2.68. The summed E-state index contributed by atoms with van der Waals surface area (Å²) in [5.74, 6) is -34.9. The highest BCUT2D eigenvalue weighted by Gasteiger charge is 2.87. The van der Waals surface area contributed by atoms with Gasteiger partial charge in [-0.15, -0.1) is 0 Å². The summed E-state index contributed by atoms with van der Waals surface area (Å²) in [7, 11) is 1.38. The van der Waals surface area contributed by atoms with Crippen molar-refractivity contribution in [3.63, 3.8) is 0 Å². The van der Waals surface area contributed by atoms with Crippen LogP contribution >= 0.6 is 0 Å². The summed E-state index contributed by atoms with van der Waals surface area (Å²) in [6.45, 7) is -0.626. The highest BCUT2D eigenvalue weighted by atomic mass is 19.4. The number of ether oxygens (including phenoxy) is 3. The number of halogens is 12. The van der Waals surface area contributed by atoms with Crippen molar-refractivity contribution < 1.29 is 66.9 Å². The molecule has 176 valence electrons. The Morgan fingerprint density at radius 3 is 1.52 bits per heavy atom. The molecule has 0 atom stereocenters. The molecule has 0 aliphatic rings. The molecule has 0 radical (unpaired) electrons. The quantitative estimate of drug-likeness (QED) is 0.256. The minimum absolute atomic E-state index is 0.0666. The van der Waals surface area contributed by atoms with Crippen LogP contribution in [0.3, 0.4) is 0 Å².